The molecule has 0 aromatic heterocycles. The van der Waals surface area contributed by atoms with Crippen molar-refractivity contribution in [2.24, 2.45) is 5.84 Å². The maximum absolute atomic E-state index is 13.8. The minimum atomic E-state index is -2.54. The number of nitrogens with one attached hydrogen (secondary N) is 1. The first-order valence-corrected chi connectivity index (χ1v) is 6.69. The summed E-state index contributed by atoms with van der Waals surface area (Å²) >= 11 is 2.97. The first kappa shape index (κ1) is 17.4. The third-order valence-corrected chi connectivity index (χ3v) is 3.29. The number of ether oxygens (including phenoxy) is 1. The van der Waals surface area contributed by atoms with Gasteiger partial charge in [-0.2, -0.15) is 0 Å². The molecule has 3 nitrogen and oxygen atoms in total. The zero-order valence-electron chi connectivity index (χ0n) is 10.5. The largest absolute Gasteiger partial charge is 0.375 e. The van der Waals surface area contributed by atoms with E-state index in [1.54, 1.807) is 0 Å². The van der Waals surface area contributed by atoms with Gasteiger partial charge in [0.2, 0.25) is 0 Å². The van der Waals surface area contributed by atoms with E-state index in [1.807, 2.05) is 0 Å². The van der Waals surface area contributed by atoms with Crippen molar-refractivity contribution in [3.8, 4) is 0 Å². The van der Waals surface area contributed by atoms with Crippen molar-refractivity contribution in [1.29, 1.82) is 0 Å². The Balaban J connectivity index is 2.58. The lowest BCUT2D eigenvalue weighted by molar-refractivity contribution is 0.0144. The summed E-state index contributed by atoms with van der Waals surface area (Å²) in [5.41, 5.74) is 2.28. The Hall–Kier alpha value is -0.700. The summed E-state index contributed by atoms with van der Waals surface area (Å²) < 4.78 is 55.9. The maximum atomic E-state index is 13.8. The maximum Gasteiger partial charge on any atom is 0.261 e. The third kappa shape index (κ3) is 5.35. The molecule has 0 radical (unpaired) electrons. The number of halogens is 5. The summed E-state index contributed by atoms with van der Waals surface area (Å²) in [5.74, 6) is 3.91. The Morgan fingerprint density at radius 2 is 2.00 bits per heavy atom. The number of nitrogens with two attached hydrogens (primary N) is 1. The Labute approximate surface area is 122 Å². The molecule has 114 valence electrons. The van der Waals surface area contributed by atoms with Crippen LogP contribution in [0.25, 0.3) is 0 Å². The molecule has 1 unspecified atom stereocenters. The summed E-state index contributed by atoms with van der Waals surface area (Å²) in [7, 11) is 0. The van der Waals surface area contributed by atoms with E-state index in [1.165, 1.54) is 6.07 Å². The molecule has 1 atom stereocenters. The molecule has 1 aromatic carbocycles. The average molecular weight is 359 g/mol. The van der Waals surface area contributed by atoms with Crippen molar-refractivity contribution in [2.75, 3.05) is 13.2 Å². The molecule has 8 heteroatoms. The third-order valence-electron chi connectivity index (χ3n) is 2.68. The highest BCUT2D eigenvalue weighted by Gasteiger charge is 2.17. The second-order valence-corrected chi connectivity index (χ2v) is 5.00. The van der Waals surface area contributed by atoms with E-state index in [0.29, 0.717) is 0 Å². The van der Waals surface area contributed by atoms with Crippen LogP contribution in [0.15, 0.2) is 16.6 Å². The van der Waals surface area contributed by atoms with Gasteiger partial charge in [-0.25, -0.2) is 17.6 Å². The van der Waals surface area contributed by atoms with Crippen molar-refractivity contribution in [2.45, 2.75) is 25.3 Å². The van der Waals surface area contributed by atoms with Gasteiger partial charge in [0.05, 0.1) is 4.47 Å². The molecule has 1 rings (SSSR count). The van der Waals surface area contributed by atoms with Crippen molar-refractivity contribution in [3.05, 3.63) is 33.8 Å². The van der Waals surface area contributed by atoms with E-state index < -0.39 is 30.7 Å². The molecular weight excluding hydrogens is 344 g/mol. The van der Waals surface area contributed by atoms with Crippen LogP contribution in [0.3, 0.4) is 0 Å². The van der Waals surface area contributed by atoms with Crippen LogP contribution in [0, 0.1) is 11.6 Å². The second-order valence-electron chi connectivity index (χ2n) is 4.14. The van der Waals surface area contributed by atoms with Crippen LogP contribution >= 0.6 is 15.9 Å². The molecule has 0 fully saturated rings. The molecule has 0 bridgehead atoms. The minimum absolute atomic E-state index is 0.00829. The highest BCUT2D eigenvalue weighted by atomic mass is 79.9. The molecule has 0 spiro atoms. The van der Waals surface area contributed by atoms with Crippen LogP contribution in [0.5, 0.6) is 0 Å². The second kappa shape index (κ2) is 8.56. The highest BCUT2D eigenvalue weighted by Crippen LogP contribution is 2.23. The van der Waals surface area contributed by atoms with Gasteiger partial charge < -0.3 is 4.74 Å². The van der Waals surface area contributed by atoms with Gasteiger partial charge in [0.15, 0.2) is 0 Å². The fourth-order valence-electron chi connectivity index (χ4n) is 1.64. The van der Waals surface area contributed by atoms with Crippen molar-refractivity contribution >= 4 is 15.9 Å². The molecule has 0 amide bonds. The summed E-state index contributed by atoms with van der Waals surface area (Å²) in [6, 6.07) is 1.93. The predicted octanol–water partition coefficient (Wildman–Crippen LogP) is 2.77. The molecule has 0 heterocycles. The molecule has 3 N–H and O–H groups in total. The molecule has 0 aliphatic rings. The number of rotatable bonds is 8. The molecule has 20 heavy (non-hydrogen) atoms. The first-order chi connectivity index (χ1) is 9.45. The Bertz CT molecular complexity index is 434. The van der Waals surface area contributed by atoms with Crippen LogP contribution in [-0.2, 0) is 11.2 Å². The van der Waals surface area contributed by atoms with Gasteiger partial charge in [-0.1, -0.05) is 0 Å². The van der Waals surface area contributed by atoms with E-state index in [4.69, 9.17) is 10.6 Å². The number of hydrazine groups is 1. The van der Waals surface area contributed by atoms with E-state index in [-0.39, 0.29) is 29.5 Å². The monoisotopic (exact) mass is 358 g/mol. The van der Waals surface area contributed by atoms with Gasteiger partial charge in [0, 0.05) is 18.2 Å². The summed E-state index contributed by atoms with van der Waals surface area (Å²) in [6.45, 7) is -0.645. The quantitative estimate of drug-likeness (QED) is 0.247. The molecular formula is C12H15BrF4N2O. The molecule has 1 aromatic rings. The van der Waals surface area contributed by atoms with Crippen LogP contribution in [0.2, 0.25) is 0 Å². The van der Waals surface area contributed by atoms with Crippen molar-refractivity contribution < 1.29 is 22.3 Å². The van der Waals surface area contributed by atoms with Crippen molar-refractivity contribution in [3.63, 3.8) is 0 Å². The zero-order chi connectivity index (χ0) is 15.1. The zero-order valence-corrected chi connectivity index (χ0v) is 12.1. The van der Waals surface area contributed by atoms with Crippen LogP contribution in [0.4, 0.5) is 17.6 Å². The topological polar surface area (TPSA) is 47.3 Å². The van der Waals surface area contributed by atoms with Gasteiger partial charge in [-0.05, 0) is 40.9 Å². The Kier molecular flexibility index (Phi) is 7.42. The first-order valence-electron chi connectivity index (χ1n) is 5.90. The smallest absolute Gasteiger partial charge is 0.261 e. The minimum Gasteiger partial charge on any atom is -0.375 e. The van der Waals surface area contributed by atoms with Gasteiger partial charge in [0.1, 0.15) is 18.2 Å². The lowest BCUT2D eigenvalue weighted by Gasteiger charge is -2.17. The fraction of sp³-hybridized carbons (Fsp3) is 0.500. The average Bonchev–Trinajstić information content (AvgIpc) is 2.41. The van der Waals surface area contributed by atoms with Gasteiger partial charge >= 0.3 is 0 Å². The molecule has 0 saturated carbocycles. The highest BCUT2D eigenvalue weighted by molar-refractivity contribution is 9.10. The number of hydrogen-bond donors (Lipinski definition) is 2. The SMILES string of the molecule is NNC(CCOCC(F)F)Cc1c(F)ccc(Br)c1F. The van der Waals surface area contributed by atoms with E-state index in [2.05, 4.69) is 21.4 Å². The summed E-state index contributed by atoms with van der Waals surface area (Å²) in [6.07, 6.45) is -2.29. The summed E-state index contributed by atoms with van der Waals surface area (Å²) in [4.78, 5) is 0. The standard InChI is InChI=1S/C12H15BrF4N2O/c13-9-1-2-10(14)8(12(9)17)5-7(19-18)3-4-20-6-11(15)16/h1-2,7,11,19H,3-6,18H2. The molecule has 0 aliphatic heterocycles. The molecule has 0 aliphatic carbocycles. The van der Waals surface area contributed by atoms with Gasteiger partial charge in [-0.15, -0.1) is 0 Å². The number of benzene rings is 1. The van der Waals surface area contributed by atoms with Gasteiger partial charge in [-0.3, -0.25) is 11.3 Å². The number of hydrogen-bond acceptors (Lipinski definition) is 3. The Morgan fingerprint density at radius 3 is 2.60 bits per heavy atom. The lowest BCUT2D eigenvalue weighted by atomic mass is 10.0. The predicted molar refractivity (Wildman–Crippen MR) is 70.3 cm³/mol. The van der Waals surface area contributed by atoms with E-state index >= 15 is 0 Å². The van der Waals surface area contributed by atoms with Crippen LogP contribution in [0.1, 0.15) is 12.0 Å². The lowest BCUT2D eigenvalue weighted by Crippen LogP contribution is -2.38. The van der Waals surface area contributed by atoms with Crippen LogP contribution in [-0.4, -0.2) is 25.7 Å². The molecule has 0 saturated heterocycles. The van der Waals surface area contributed by atoms with Crippen molar-refractivity contribution in [1.82, 2.24) is 5.43 Å². The van der Waals surface area contributed by atoms with Gasteiger partial charge in [0.25, 0.3) is 6.43 Å². The van der Waals surface area contributed by atoms with E-state index in [0.717, 1.165) is 6.07 Å². The van der Waals surface area contributed by atoms with Crippen LogP contribution < -0.4 is 11.3 Å². The summed E-state index contributed by atoms with van der Waals surface area (Å²) in [5, 5.41) is 0. The normalized spacial score (nSPS) is 12.9. The number of alkyl halides is 2. The fourth-order valence-corrected chi connectivity index (χ4v) is 2.02. The Morgan fingerprint density at radius 1 is 1.30 bits per heavy atom. The van der Waals surface area contributed by atoms with E-state index in [9.17, 15) is 17.6 Å².